The lowest BCUT2D eigenvalue weighted by Crippen LogP contribution is -2.46. The van der Waals surface area contributed by atoms with Crippen molar-refractivity contribution in [3.63, 3.8) is 0 Å². The Kier molecular flexibility index (Phi) is 8.23. The molecule has 10 heteroatoms. The molecule has 2 aromatic heterocycles. The van der Waals surface area contributed by atoms with E-state index in [1.54, 1.807) is 6.08 Å². The number of carbonyl (C=O) groups excluding carboxylic acids is 1. The van der Waals surface area contributed by atoms with Crippen molar-refractivity contribution in [1.29, 1.82) is 0 Å². The van der Waals surface area contributed by atoms with Gasteiger partial charge in [-0.15, -0.1) is 13.2 Å². The number of aliphatic hydroxyl groups excluding tert-OH is 1. The summed E-state index contributed by atoms with van der Waals surface area (Å²) < 4.78 is 13.9. The lowest BCUT2D eigenvalue weighted by atomic mass is 10.2. The van der Waals surface area contributed by atoms with E-state index in [9.17, 15) is 14.3 Å². The number of hydrogen-bond donors (Lipinski definition) is 3. The molecule has 0 saturated carbocycles. The molecule has 2 aromatic rings. The molecule has 1 amide bonds. The number of nitrogens with one attached hydrogen (secondary N) is 2. The Bertz CT molecular complexity index is 948. The fourth-order valence-corrected chi connectivity index (χ4v) is 3.37. The lowest BCUT2D eigenvalue weighted by Gasteiger charge is -2.36. The number of pyridine rings is 1. The van der Waals surface area contributed by atoms with Crippen molar-refractivity contribution in [3.8, 4) is 0 Å². The van der Waals surface area contributed by atoms with Crippen molar-refractivity contribution < 1.29 is 14.3 Å². The van der Waals surface area contributed by atoms with Gasteiger partial charge in [0.15, 0.2) is 0 Å². The Morgan fingerprint density at radius 1 is 1.25 bits per heavy atom. The number of rotatable bonds is 10. The van der Waals surface area contributed by atoms with Crippen LogP contribution in [0.25, 0.3) is 0 Å². The molecular weight excluding hydrogens is 413 g/mol. The van der Waals surface area contributed by atoms with Crippen LogP contribution in [-0.2, 0) is 0 Å². The Hall–Kier alpha value is -3.37. The molecule has 0 radical (unpaired) electrons. The van der Waals surface area contributed by atoms with Crippen LogP contribution in [0.5, 0.6) is 0 Å². The third kappa shape index (κ3) is 6.32. The van der Waals surface area contributed by atoms with Crippen LogP contribution in [0, 0.1) is 5.95 Å². The van der Waals surface area contributed by atoms with E-state index in [2.05, 4.69) is 43.6 Å². The maximum Gasteiger partial charge on any atom is 0.274 e. The third-order valence-electron chi connectivity index (χ3n) is 5.02. The summed E-state index contributed by atoms with van der Waals surface area (Å²) in [6.45, 7) is 11.4. The van der Waals surface area contributed by atoms with Gasteiger partial charge < -0.3 is 20.6 Å². The highest BCUT2D eigenvalue weighted by Gasteiger charge is 2.21. The molecule has 1 saturated heterocycles. The summed E-state index contributed by atoms with van der Waals surface area (Å²) in [5, 5.41) is 15.5. The first kappa shape index (κ1) is 23.3. The van der Waals surface area contributed by atoms with E-state index in [0.29, 0.717) is 30.9 Å². The first-order chi connectivity index (χ1) is 15.5. The molecule has 1 aliphatic rings. The lowest BCUT2D eigenvalue weighted by molar-refractivity contribution is 0.102. The van der Waals surface area contributed by atoms with Crippen LogP contribution in [0.2, 0.25) is 0 Å². The highest BCUT2D eigenvalue weighted by molar-refractivity contribution is 6.04. The van der Waals surface area contributed by atoms with Gasteiger partial charge >= 0.3 is 0 Å². The summed E-state index contributed by atoms with van der Waals surface area (Å²) in [6, 6.07) is 2.80. The minimum absolute atomic E-state index is 0.131. The van der Waals surface area contributed by atoms with Crippen LogP contribution < -0.4 is 15.5 Å². The number of piperazine rings is 1. The maximum atomic E-state index is 13.9. The van der Waals surface area contributed by atoms with Crippen LogP contribution in [-0.4, -0.2) is 76.2 Å². The molecule has 1 unspecified atom stereocenters. The predicted molar refractivity (Wildman–Crippen MR) is 122 cm³/mol. The summed E-state index contributed by atoms with van der Waals surface area (Å²) in [5.74, 6) is -0.864. The van der Waals surface area contributed by atoms with Gasteiger partial charge in [0, 0.05) is 51.5 Å². The van der Waals surface area contributed by atoms with Crippen LogP contribution in [0.4, 0.5) is 21.7 Å². The Labute approximate surface area is 186 Å². The fourth-order valence-electron chi connectivity index (χ4n) is 3.37. The van der Waals surface area contributed by atoms with Crippen molar-refractivity contribution >= 4 is 23.2 Å². The summed E-state index contributed by atoms with van der Waals surface area (Å²) in [7, 11) is 0. The van der Waals surface area contributed by atoms with Gasteiger partial charge in [-0.3, -0.25) is 9.69 Å². The van der Waals surface area contributed by atoms with E-state index in [4.69, 9.17) is 0 Å². The zero-order valence-electron chi connectivity index (χ0n) is 17.9. The number of carbonyl (C=O) groups is 1. The minimum atomic E-state index is -0.631. The van der Waals surface area contributed by atoms with Crippen LogP contribution in [0.1, 0.15) is 16.9 Å². The Balaban J connectivity index is 1.69. The molecule has 0 aromatic carbocycles. The molecule has 0 bridgehead atoms. The van der Waals surface area contributed by atoms with Crippen molar-refractivity contribution in [1.82, 2.24) is 19.9 Å². The predicted octanol–water partition coefficient (Wildman–Crippen LogP) is 1.92. The first-order valence-corrected chi connectivity index (χ1v) is 10.4. The third-order valence-corrected chi connectivity index (χ3v) is 5.02. The molecule has 1 aliphatic heterocycles. The molecule has 0 aliphatic carbocycles. The van der Waals surface area contributed by atoms with Gasteiger partial charge in [-0.2, -0.15) is 4.39 Å². The topological polar surface area (TPSA) is 107 Å². The second kappa shape index (κ2) is 11.3. The molecule has 3 N–H and O–H groups in total. The van der Waals surface area contributed by atoms with Gasteiger partial charge in [0.25, 0.3) is 5.91 Å². The van der Waals surface area contributed by atoms with Gasteiger partial charge in [0.1, 0.15) is 5.69 Å². The normalized spacial score (nSPS) is 15.1. The quantitative estimate of drug-likeness (QED) is 0.379. The number of amides is 1. The van der Waals surface area contributed by atoms with Crippen LogP contribution >= 0.6 is 0 Å². The Morgan fingerprint density at radius 3 is 2.75 bits per heavy atom. The molecule has 9 nitrogen and oxygen atoms in total. The molecular formula is C22H28FN7O2. The Morgan fingerprint density at radius 2 is 2.03 bits per heavy atom. The van der Waals surface area contributed by atoms with Gasteiger partial charge in [-0.25, -0.2) is 15.0 Å². The second-order valence-electron chi connectivity index (χ2n) is 7.38. The van der Waals surface area contributed by atoms with Gasteiger partial charge in [-0.1, -0.05) is 12.2 Å². The summed E-state index contributed by atoms with van der Waals surface area (Å²) in [5.41, 5.74) is 1.11. The van der Waals surface area contributed by atoms with Crippen molar-refractivity contribution in [3.05, 3.63) is 61.5 Å². The van der Waals surface area contributed by atoms with Crippen LogP contribution in [0.3, 0.4) is 0 Å². The number of anilines is 3. The van der Waals surface area contributed by atoms with E-state index in [-0.39, 0.29) is 18.2 Å². The first-order valence-electron chi connectivity index (χ1n) is 10.4. The number of hydrogen-bond acceptors (Lipinski definition) is 8. The van der Waals surface area contributed by atoms with Gasteiger partial charge in [0.2, 0.25) is 11.9 Å². The van der Waals surface area contributed by atoms with Crippen molar-refractivity contribution in [2.45, 2.75) is 12.5 Å². The van der Waals surface area contributed by atoms with E-state index in [1.807, 2.05) is 11.0 Å². The molecule has 1 atom stereocenters. The van der Waals surface area contributed by atoms with E-state index >= 15 is 0 Å². The van der Waals surface area contributed by atoms with E-state index in [1.165, 1.54) is 24.5 Å². The highest BCUT2D eigenvalue weighted by atomic mass is 19.1. The number of nitrogens with zero attached hydrogens (tertiary/aromatic N) is 5. The highest BCUT2D eigenvalue weighted by Crippen LogP contribution is 2.27. The van der Waals surface area contributed by atoms with Gasteiger partial charge in [0.05, 0.1) is 23.7 Å². The summed E-state index contributed by atoms with van der Waals surface area (Å²) >= 11 is 0. The summed E-state index contributed by atoms with van der Waals surface area (Å²) in [6.07, 6.45) is 6.03. The molecule has 1 fully saturated rings. The van der Waals surface area contributed by atoms with E-state index in [0.717, 1.165) is 19.6 Å². The maximum absolute atomic E-state index is 13.9. The van der Waals surface area contributed by atoms with E-state index < -0.39 is 18.0 Å². The van der Waals surface area contributed by atoms with Crippen LogP contribution in [0.15, 0.2) is 49.8 Å². The average molecular weight is 442 g/mol. The zero-order valence-corrected chi connectivity index (χ0v) is 17.9. The average Bonchev–Trinajstić information content (AvgIpc) is 2.80. The second-order valence-corrected chi connectivity index (χ2v) is 7.38. The molecule has 170 valence electrons. The zero-order chi connectivity index (χ0) is 22.9. The molecule has 0 spiro atoms. The smallest absolute Gasteiger partial charge is 0.274 e. The SMILES string of the molecule is C=CCC(O)CNc1nccc(C(=O)Nc2cnc(F)cc2N2CCN(CC=C)CC2)n1. The molecule has 32 heavy (non-hydrogen) atoms. The van der Waals surface area contributed by atoms with Crippen molar-refractivity contribution in [2.75, 3.05) is 54.8 Å². The largest absolute Gasteiger partial charge is 0.391 e. The fraction of sp³-hybridized carbons (Fsp3) is 0.364. The molecule has 3 rings (SSSR count). The monoisotopic (exact) mass is 441 g/mol. The standard InChI is InChI=1S/C22H28FN7O2/c1-3-5-16(31)14-26-22-24-7-6-17(28-22)21(32)27-18-15-25-20(23)13-19(18)30-11-9-29(8-4-2)10-12-30/h3-4,6-7,13,15-16,31H,1-2,5,8-12,14H2,(H,27,32)(H,24,26,28). The summed E-state index contributed by atoms with van der Waals surface area (Å²) in [4.78, 5) is 29.0. The molecule has 3 heterocycles. The minimum Gasteiger partial charge on any atom is -0.391 e. The van der Waals surface area contributed by atoms with Gasteiger partial charge in [-0.05, 0) is 12.5 Å². The number of aliphatic hydroxyl groups is 1. The number of halogens is 1. The van der Waals surface area contributed by atoms with Crippen molar-refractivity contribution in [2.24, 2.45) is 0 Å². The number of aromatic nitrogens is 3.